The number of fused-ring (bicyclic) bond motifs is 1. The van der Waals surface area contributed by atoms with Crippen molar-refractivity contribution < 1.29 is 14.3 Å². The average molecular weight is 377 g/mol. The molecule has 138 valence electrons. The lowest BCUT2D eigenvalue weighted by molar-refractivity contribution is -0.120. The second-order valence-electron chi connectivity index (χ2n) is 6.35. The van der Waals surface area contributed by atoms with E-state index in [0.717, 1.165) is 12.1 Å². The van der Waals surface area contributed by atoms with Crippen LogP contribution in [0.25, 0.3) is 0 Å². The van der Waals surface area contributed by atoms with Gasteiger partial charge in [0.1, 0.15) is 5.75 Å². The zero-order chi connectivity index (χ0) is 18.7. The van der Waals surface area contributed by atoms with E-state index in [-0.39, 0.29) is 18.2 Å². The molecule has 0 unspecified atom stereocenters. The number of nitrogens with one attached hydrogen (secondary N) is 1. The van der Waals surface area contributed by atoms with Crippen LogP contribution in [0, 0.1) is 5.92 Å². The number of rotatable bonds is 6. The number of halogens is 1. The van der Waals surface area contributed by atoms with Crippen LogP contribution in [-0.4, -0.2) is 35.2 Å². The minimum Gasteiger partial charge on any atom is -0.496 e. The quantitative estimate of drug-likeness (QED) is 0.799. The molecule has 2 aromatic rings. The zero-order valence-corrected chi connectivity index (χ0v) is 15.3. The van der Waals surface area contributed by atoms with Crippen molar-refractivity contribution in [1.29, 1.82) is 0 Å². The lowest BCUT2D eigenvalue weighted by Crippen LogP contribution is -2.34. The van der Waals surface area contributed by atoms with E-state index in [0.29, 0.717) is 41.4 Å². The summed E-state index contributed by atoms with van der Waals surface area (Å²) in [5.74, 6) is 0.238. The van der Waals surface area contributed by atoms with Crippen molar-refractivity contribution in [2.24, 2.45) is 11.7 Å². The van der Waals surface area contributed by atoms with E-state index in [1.807, 2.05) is 4.68 Å². The summed E-state index contributed by atoms with van der Waals surface area (Å²) in [5.41, 5.74) is 7.37. The molecule has 2 heterocycles. The van der Waals surface area contributed by atoms with Crippen LogP contribution in [0.2, 0.25) is 5.02 Å². The summed E-state index contributed by atoms with van der Waals surface area (Å²) in [7, 11) is 1.55. The van der Waals surface area contributed by atoms with Crippen LogP contribution in [0.5, 0.6) is 5.75 Å². The maximum absolute atomic E-state index is 12.3. The number of ether oxygens (including phenoxy) is 1. The number of amides is 2. The summed E-state index contributed by atoms with van der Waals surface area (Å²) in [5, 5.41) is 7.65. The molecule has 1 aliphatic rings. The van der Waals surface area contributed by atoms with Crippen molar-refractivity contribution in [1.82, 2.24) is 15.1 Å². The molecule has 1 aromatic heterocycles. The highest BCUT2D eigenvalue weighted by Crippen LogP contribution is 2.27. The number of primary amides is 1. The van der Waals surface area contributed by atoms with Crippen LogP contribution in [0.15, 0.2) is 24.4 Å². The number of benzene rings is 1. The van der Waals surface area contributed by atoms with Gasteiger partial charge in [-0.1, -0.05) is 17.7 Å². The Morgan fingerprint density at radius 3 is 3.00 bits per heavy atom. The second-order valence-corrected chi connectivity index (χ2v) is 6.76. The number of hydrogen-bond acceptors (Lipinski definition) is 4. The van der Waals surface area contributed by atoms with Crippen molar-refractivity contribution in [3.63, 3.8) is 0 Å². The zero-order valence-electron chi connectivity index (χ0n) is 14.5. The van der Waals surface area contributed by atoms with Gasteiger partial charge in [0.15, 0.2) is 0 Å². The first kappa shape index (κ1) is 18.3. The Kier molecular flexibility index (Phi) is 5.46. The Morgan fingerprint density at radius 1 is 1.46 bits per heavy atom. The van der Waals surface area contributed by atoms with E-state index >= 15 is 0 Å². The van der Waals surface area contributed by atoms with Crippen molar-refractivity contribution in [3.05, 3.63) is 46.2 Å². The summed E-state index contributed by atoms with van der Waals surface area (Å²) in [6.45, 7) is 1.23. The molecular formula is C18H21ClN4O3. The predicted octanol–water partition coefficient (Wildman–Crippen LogP) is 1.57. The highest BCUT2D eigenvalue weighted by molar-refractivity contribution is 6.31. The minimum atomic E-state index is -0.471. The SMILES string of the molecule is COc1cccc(Cl)c1CC(=O)NC[C@@H]1CCn2ncc(C(N)=O)c2C1. The fourth-order valence-electron chi connectivity index (χ4n) is 3.26. The summed E-state index contributed by atoms with van der Waals surface area (Å²) in [6.07, 6.45) is 3.21. The van der Waals surface area contributed by atoms with Gasteiger partial charge in [0.05, 0.1) is 31.0 Å². The molecule has 0 saturated carbocycles. The molecule has 0 bridgehead atoms. The van der Waals surface area contributed by atoms with Crippen LogP contribution < -0.4 is 15.8 Å². The number of nitrogens with two attached hydrogens (primary N) is 1. The molecule has 0 aliphatic carbocycles. The van der Waals surface area contributed by atoms with E-state index in [1.165, 1.54) is 6.20 Å². The first-order valence-corrected chi connectivity index (χ1v) is 8.80. The van der Waals surface area contributed by atoms with Crippen LogP contribution in [0.1, 0.15) is 28.0 Å². The summed E-state index contributed by atoms with van der Waals surface area (Å²) in [4.78, 5) is 23.8. The lowest BCUT2D eigenvalue weighted by Gasteiger charge is -2.24. The lowest BCUT2D eigenvalue weighted by atomic mass is 9.94. The van der Waals surface area contributed by atoms with Gasteiger partial charge in [-0.15, -0.1) is 0 Å². The number of nitrogens with zero attached hydrogens (tertiary/aromatic N) is 2. The summed E-state index contributed by atoms with van der Waals surface area (Å²) < 4.78 is 7.08. The van der Waals surface area contributed by atoms with Gasteiger partial charge in [0.2, 0.25) is 5.91 Å². The average Bonchev–Trinajstić information content (AvgIpc) is 3.05. The molecule has 3 N–H and O–H groups in total. The maximum Gasteiger partial charge on any atom is 0.252 e. The highest BCUT2D eigenvalue weighted by Gasteiger charge is 2.24. The molecule has 1 aliphatic heterocycles. The monoisotopic (exact) mass is 376 g/mol. The Labute approximate surface area is 156 Å². The molecule has 3 rings (SSSR count). The van der Waals surface area contributed by atoms with Crippen molar-refractivity contribution in [2.45, 2.75) is 25.8 Å². The highest BCUT2D eigenvalue weighted by atomic mass is 35.5. The largest absolute Gasteiger partial charge is 0.496 e. The standard InChI is InChI=1S/C18H21ClN4O3/c1-26-16-4-2-3-14(19)12(16)8-17(24)21-9-11-5-6-23-15(7-11)13(10-22-23)18(20)25/h2-4,10-11H,5-9H2,1H3,(H2,20,25)(H,21,24)/t11-/m1/s1. The molecule has 7 nitrogen and oxygen atoms in total. The van der Waals surface area contributed by atoms with Crippen LogP contribution >= 0.6 is 11.6 Å². The van der Waals surface area contributed by atoms with Gasteiger partial charge in [-0.25, -0.2) is 0 Å². The van der Waals surface area contributed by atoms with Crippen LogP contribution in [0.4, 0.5) is 0 Å². The maximum atomic E-state index is 12.3. The molecule has 0 radical (unpaired) electrons. The number of carbonyl (C=O) groups excluding carboxylic acids is 2. The normalized spacial score (nSPS) is 16.0. The molecular weight excluding hydrogens is 356 g/mol. The fraction of sp³-hybridized carbons (Fsp3) is 0.389. The van der Waals surface area contributed by atoms with Gasteiger partial charge >= 0.3 is 0 Å². The number of hydrogen-bond donors (Lipinski definition) is 2. The first-order chi connectivity index (χ1) is 12.5. The van der Waals surface area contributed by atoms with Gasteiger partial charge in [-0.2, -0.15) is 5.10 Å². The Morgan fingerprint density at radius 2 is 2.27 bits per heavy atom. The van der Waals surface area contributed by atoms with Crippen LogP contribution in [-0.2, 0) is 24.2 Å². The van der Waals surface area contributed by atoms with Gasteiger partial charge in [0, 0.05) is 23.7 Å². The Hall–Kier alpha value is -2.54. The third kappa shape index (κ3) is 3.83. The van der Waals surface area contributed by atoms with Crippen molar-refractivity contribution in [3.8, 4) is 5.75 Å². The van der Waals surface area contributed by atoms with E-state index in [2.05, 4.69) is 10.4 Å². The molecule has 0 fully saturated rings. The molecule has 0 saturated heterocycles. The van der Waals surface area contributed by atoms with E-state index < -0.39 is 5.91 Å². The Bertz CT molecular complexity index is 834. The Balaban J connectivity index is 1.59. The third-order valence-corrected chi connectivity index (χ3v) is 5.02. The van der Waals surface area contributed by atoms with Gasteiger partial charge in [-0.05, 0) is 30.9 Å². The van der Waals surface area contributed by atoms with Crippen LogP contribution in [0.3, 0.4) is 0 Å². The number of carbonyl (C=O) groups is 2. The van der Waals surface area contributed by atoms with Gasteiger partial charge in [0.25, 0.3) is 5.91 Å². The number of methoxy groups -OCH3 is 1. The summed E-state index contributed by atoms with van der Waals surface area (Å²) in [6, 6.07) is 5.30. The molecule has 1 atom stereocenters. The number of aryl methyl sites for hydroxylation is 1. The van der Waals surface area contributed by atoms with Crippen molar-refractivity contribution >= 4 is 23.4 Å². The molecule has 8 heteroatoms. The van der Waals surface area contributed by atoms with E-state index in [1.54, 1.807) is 25.3 Å². The molecule has 1 aromatic carbocycles. The van der Waals surface area contributed by atoms with E-state index in [9.17, 15) is 9.59 Å². The molecule has 0 spiro atoms. The predicted molar refractivity (Wildman–Crippen MR) is 97.3 cm³/mol. The fourth-order valence-corrected chi connectivity index (χ4v) is 3.49. The summed E-state index contributed by atoms with van der Waals surface area (Å²) >= 11 is 6.18. The second kappa shape index (κ2) is 7.78. The number of aromatic nitrogens is 2. The molecule has 26 heavy (non-hydrogen) atoms. The smallest absolute Gasteiger partial charge is 0.252 e. The third-order valence-electron chi connectivity index (χ3n) is 4.67. The van der Waals surface area contributed by atoms with Gasteiger partial charge < -0.3 is 15.8 Å². The topological polar surface area (TPSA) is 99.2 Å². The van der Waals surface area contributed by atoms with E-state index in [4.69, 9.17) is 22.1 Å². The van der Waals surface area contributed by atoms with Crippen molar-refractivity contribution in [2.75, 3.05) is 13.7 Å². The molecule has 2 amide bonds. The van der Waals surface area contributed by atoms with Gasteiger partial charge in [-0.3, -0.25) is 14.3 Å². The first-order valence-electron chi connectivity index (χ1n) is 8.42. The minimum absolute atomic E-state index is 0.120.